The van der Waals surface area contributed by atoms with Crippen LogP contribution in [0, 0.1) is 0 Å². The van der Waals surface area contributed by atoms with Gasteiger partial charge in [0.15, 0.2) is 5.58 Å². The van der Waals surface area contributed by atoms with Gasteiger partial charge in [-0.2, -0.15) is 0 Å². The molecule has 2 aromatic heterocycles. The Morgan fingerprint density at radius 3 is 3.06 bits per heavy atom. The standard InChI is InChI=1S/C12H11N3O2S/c13-8-3-4-18-11(8)6-14-7-1-2-10-9(5-7)15-12(16)17-10/h1-5,14H,6,13H2,(H,15,16). The second kappa shape index (κ2) is 4.23. The fourth-order valence-corrected chi connectivity index (χ4v) is 2.48. The van der Waals surface area contributed by atoms with Gasteiger partial charge < -0.3 is 15.5 Å². The summed E-state index contributed by atoms with van der Waals surface area (Å²) < 4.78 is 4.94. The molecule has 18 heavy (non-hydrogen) atoms. The van der Waals surface area contributed by atoms with Crippen LogP contribution in [0.5, 0.6) is 0 Å². The van der Waals surface area contributed by atoms with Crippen LogP contribution >= 0.6 is 11.3 Å². The number of benzene rings is 1. The molecule has 0 aliphatic heterocycles. The number of oxazole rings is 1. The minimum absolute atomic E-state index is 0.440. The predicted molar refractivity (Wildman–Crippen MR) is 72.9 cm³/mol. The van der Waals surface area contributed by atoms with Crippen LogP contribution in [0.3, 0.4) is 0 Å². The van der Waals surface area contributed by atoms with E-state index in [-0.39, 0.29) is 0 Å². The zero-order chi connectivity index (χ0) is 12.5. The van der Waals surface area contributed by atoms with Crippen molar-refractivity contribution in [2.75, 3.05) is 11.1 Å². The third kappa shape index (κ3) is 1.98. The molecule has 6 heteroatoms. The molecule has 2 heterocycles. The van der Waals surface area contributed by atoms with Crippen molar-refractivity contribution in [2.24, 2.45) is 0 Å². The molecule has 0 amide bonds. The van der Waals surface area contributed by atoms with Crippen molar-refractivity contribution in [2.45, 2.75) is 6.54 Å². The van der Waals surface area contributed by atoms with Gasteiger partial charge in [-0.05, 0) is 29.6 Å². The largest absolute Gasteiger partial charge is 0.417 e. The van der Waals surface area contributed by atoms with E-state index in [1.165, 1.54) is 0 Å². The Kier molecular flexibility index (Phi) is 2.56. The first-order valence-electron chi connectivity index (χ1n) is 5.41. The second-order valence-electron chi connectivity index (χ2n) is 3.88. The Balaban J connectivity index is 1.82. The highest BCUT2D eigenvalue weighted by molar-refractivity contribution is 7.10. The molecule has 0 radical (unpaired) electrons. The highest BCUT2D eigenvalue weighted by Gasteiger charge is 2.03. The number of H-pyrrole nitrogens is 1. The van der Waals surface area contributed by atoms with Crippen molar-refractivity contribution in [1.82, 2.24) is 4.98 Å². The lowest BCUT2D eigenvalue weighted by Gasteiger charge is -2.05. The molecule has 0 aliphatic rings. The normalized spacial score (nSPS) is 10.9. The Bertz CT molecular complexity index is 741. The van der Waals surface area contributed by atoms with E-state index < -0.39 is 5.76 Å². The molecule has 5 nitrogen and oxygen atoms in total. The molecule has 0 saturated carbocycles. The van der Waals surface area contributed by atoms with Gasteiger partial charge >= 0.3 is 5.76 Å². The summed E-state index contributed by atoms with van der Waals surface area (Å²) in [6.07, 6.45) is 0. The van der Waals surface area contributed by atoms with Crippen LogP contribution in [0.15, 0.2) is 38.9 Å². The van der Waals surface area contributed by atoms with Gasteiger partial charge in [0.05, 0.1) is 12.1 Å². The van der Waals surface area contributed by atoms with Gasteiger partial charge in [-0.3, -0.25) is 4.98 Å². The quantitative estimate of drug-likeness (QED) is 0.676. The maximum Gasteiger partial charge on any atom is 0.417 e. The molecule has 0 fully saturated rings. The number of nitrogens with two attached hydrogens (primary N) is 1. The molecular formula is C12H11N3O2S. The van der Waals surface area contributed by atoms with Crippen molar-refractivity contribution in [3.8, 4) is 0 Å². The first-order valence-corrected chi connectivity index (χ1v) is 6.29. The molecule has 0 spiro atoms. The summed E-state index contributed by atoms with van der Waals surface area (Å²) in [5.74, 6) is -0.440. The predicted octanol–water partition coefficient (Wildman–Crippen LogP) is 2.38. The van der Waals surface area contributed by atoms with Crippen LogP contribution in [0.1, 0.15) is 4.88 Å². The average Bonchev–Trinajstić information content (AvgIpc) is 2.90. The van der Waals surface area contributed by atoms with Crippen molar-refractivity contribution >= 4 is 33.8 Å². The van der Waals surface area contributed by atoms with Crippen LogP contribution in [-0.2, 0) is 6.54 Å². The molecule has 3 rings (SSSR count). The van der Waals surface area contributed by atoms with E-state index in [2.05, 4.69) is 10.3 Å². The zero-order valence-corrected chi connectivity index (χ0v) is 10.2. The molecule has 0 aliphatic carbocycles. The van der Waals surface area contributed by atoms with Crippen molar-refractivity contribution in [3.63, 3.8) is 0 Å². The van der Waals surface area contributed by atoms with Crippen LogP contribution < -0.4 is 16.8 Å². The third-order valence-corrected chi connectivity index (χ3v) is 3.59. The second-order valence-corrected chi connectivity index (χ2v) is 4.88. The van der Waals surface area contributed by atoms with E-state index in [9.17, 15) is 4.79 Å². The number of rotatable bonds is 3. The van der Waals surface area contributed by atoms with E-state index in [0.717, 1.165) is 16.3 Å². The number of nitrogen functional groups attached to an aromatic ring is 1. The topological polar surface area (TPSA) is 84.0 Å². The Morgan fingerprint density at radius 1 is 1.39 bits per heavy atom. The molecule has 0 atom stereocenters. The minimum atomic E-state index is -0.440. The minimum Gasteiger partial charge on any atom is -0.408 e. The van der Waals surface area contributed by atoms with Gasteiger partial charge in [0.1, 0.15) is 0 Å². The number of aromatic nitrogens is 1. The van der Waals surface area contributed by atoms with E-state index in [1.54, 1.807) is 17.4 Å². The molecule has 4 N–H and O–H groups in total. The summed E-state index contributed by atoms with van der Waals surface area (Å²) in [5, 5.41) is 5.22. The number of aromatic amines is 1. The number of thiophene rings is 1. The highest BCUT2D eigenvalue weighted by Crippen LogP contribution is 2.21. The number of hydrogen-bond donors (Lipinski definition) is 3. The van der Waals surface area contributed by atoms with Crippen LogP contribution in [0.4, 0.5) is 11.4 Å². The maximum absolute atomic E-state index is 11.0. The fourth-order valence-electron chi connectivity index (χ4n) is 1.74. The summed E-state index contributed by atoms with van der Waals surface area (Å²) in [6, 6.07) is 7.35. The fraction of sp³-hybridized carbons (Fsp3) is 0.0833. The first kappa shape index (κ1) is 10.9. The van der Waals surface area contributed by atoms with Gasteiger partial charge in [0.2, 0.25) is 0 Å². The smallest absolute Gasteiger partial charge is 0.408 e. The summed E-state index contributed by atoms with van der Waals surface area (Å²) in [6.45, 7) is 0.664. The summed E-state index contributed by atoms with van der Waals surface area (Å²) >= 11 is 1.61. The van der Waals surface area contributed by atoms with Gasteiger partial charge in [-0.15, -0.1) is 11.3 Å². The molecule has 1 aromatic carbocycles. The SMILES string of the molecule is Nc1ccsc1CNc1ccc2oc(=O)[nH]c2c1. The van der Waals surface area contributed by atoms with Gasteiger partial charge in [-0.1, -0.05) is 0 Å². The van der Waals surface area contributed by atoms with Crippen LogP contribution in [0.25, 0.3) is 11.1 Å². The Labute approximate surface area is 106 Å². The van der Waals surface area contributed by atoms with Gasteiger partial charge in [0, 0.05) is 16.3 Å². The average molecular weight is 261 g/mol. The van der Waals surface area contributed by atoms with Crippen LogP contribution in [-0.4, -0.2) is 4.98 Å². The van der Waals surface area contributed by atoms with Crippen LogP contribution in [0.2, 0.25) is 0 Å². The molecule has 0 unspecified atom stereocenters. The van der Waals surface area contributed by atoms with Crippen molar-refractivity contribution < 1.29 is 4.42 Å². The molecule has 3 aromatic rings. The zero-order valence-electron chi connectivity index (χ0n) is 9.40. The first-order chi connectivity index (χ1) is 8.72. The third-order valence-electron chi connectivity index (χ3n) is 2.65. The van der Waals surface area contributed by atoms with E-state index in [4.69, 9.17) is 10.2 Å². The maximum atomic E-state index is 11.0. The van der Waals surface area contributed by atoms with Gasteiger partial charge in [-0.25, -0.2) is 4.79 Å². The molecule has 92 valence electrons. The van der Waals surface area contributed by atoms with Crippen molar-refractivity contribution in [1.29, 1.82) is 0 Å². The Hall–Kier alpha value is -2.21. The summed E-state index contributed by atoms with van der Waals surface area (Å²) in [5.41, 5.74) is 8.75. The monoisotopic (exact) mass is 261 g/mol. The molecule has 0 saturated heterocycles. The lowest BCUT2D eigenvalue weighted by Crippen LogP contribution is -1.99. The van der Waals surface area contributed by atoms with Gasteiger partial charge in [0.25, 0.3) is 0 Å². The number of hydrogen-bond acceptors (Lipinski definition) is 5. The summed E-state index contributed by atoms with van der Waals surface area (Å²) in [7, 11) is 0. The molecule has 0 bridgehead atoms. The number of anilines is 2. The number of nitrogens with one attached hydrogen (secondary N) is 2. The lowest BCUT2D eigenvalue weighted by molar-refractivity contribution is 0.555. The molecular weight excluding hydrogens is 250 g/mol. The van der Waals surface area contributed by atoms with E-state index in [0.29, 0.717) is 17.6 Å². The lowest BCUT2D eigenvalue weighted by atomic mass is 10.3. The number of fused-ring (bicyclic) bond motifs is 1. The van der Waals surface area contributed by atoms with Crippen molar-refractivity contribution in [3.05, 3.63) is 45.1 Å². The van der Waals surface area contributed by atoms with E-state index >= 15 is 0 Å². The highest BCUT2D eigenvalue weighted by atomic mass is 32.1. The van der Waals surface area contributed by atoms with E-state index in [1.807, 2.05) is 23.6 Å². The summed E-state index contributed by atoms with van der Waals surface area (Å²) in [4.78, 5) is 14.7. The Morgan fingerprint density at radius 2 is 2.28 bits per heavy atom.